The summed E-state index contributed by atoms with van der Waals surface area (Å²) in [7, 11) is 0. The Balaban J connectivity index is 2.85. The van der Waals surface area contributed by atoms with Gasteiger partial charge in [0.05, 0.1) is 0 Å². The molecule has 0 aromatic carbocycles. The molecule has 0 aromatic rings. The molecule has 0 heterocycles. The highest BCUT2D eigenvalue weighted by Crippen LogP contribution is 1.92. The van der Waals surface area contributed by atoms with Gasteiger partial charge < -0.3 is 16.4 Å². The molecule has 0 atom stereocenters. The first-order chi connectivity index (χ1) is 6.91. The predicted molar refractivity (Wildman–Crippen MR) is 63.2 cm³/mol. The van der Waals surface area contributed by atoms with Crippen LogP contribution in [0.4, 0.5) is 0 Å². The van der Waals surface area contributed by atoms with E-state index in [2.05, 4.69) is 17.6 Å². The van der Waals surface area contributed by atoms with E-state index < -0.39 is 0 Å². The Kier molecular flexibility index (Phi) is 12.0. The molecule has 0 amide bonds. The second-order valence-electron chi connectivity index (χ2n) is 3.44. The van der Waals surface area contributed by atoms with E-state index in [9.17, 15) is 0 Å². The molecular formula is C11H25N3. The van der Waals surface area contributed by atoms with E-state index in [0.717, 1.165) is 26.2 Å². The molecule has 84 valence electrons. The lowest BCUT2D eigenvalue weighted by atomic mass is 10.2. The Bertz CT molecular complexity index is 124. The van der Waals surface area contributed by atoms with Gasteiger partial charge in [-0.25, -0.2) is 0 Å². The molecule has 3 heteroatoms. The zero-order chi connectivity index (χ0) is 10.5. The van der Waals surface area contributed by atoms with Crippen LogP contribution in [0, 0.1) is 0 Å². The standard InChI is InChI=1S/C11H25N3/c1-2-8-13-9-4-3-5-10-14-11-6-7-12/h6-7,13-14H,2-5,8-12H2,1H3/b7-6+. The molecular weight excluding hydrogens is 174 g/mol. The fourth-order valence-corrected chi connectivity index (χ4v) is 1.23. The van der Waals surface area contributed by atoms with Gasteiger partial charge in [0.25, 0.3) is 0 Å². The monoisotopic (exact) mass is 199 g/mol. The molecule has 4 N–H and O–H groups in total. The van der Waals surface area contributed by atoms with E-state index >= 15 is 0 Å². The summed E-state index contributed by atoms with van der Waals surface area (Å²) in [5, 5.41) is 6.70. The average Bonchev–Trinajstić information content (AvgIpc) is 2.21. The first-order valence-corrected chi connectivity index (χ1v) is 5.70. The molecule has 0 bridgehead atoms. The van der Waals surface area contributed by atoms with Gasteiger partial charge in [-0.05, 0) is 45.1 Å². The third kappa shape index (κ3) is 11.5. The number of nitrogens with one attached hydrogen (secondary N) is 2. The Labute approximate surface area is 88.1 Å². The smallest absolute Gasteiger partial charge is 0.0151 e. The van der Waals surface area contributed by atoms with Crippen molar-refractivity contribution in [2.45, 2.75) is 32.6 Å². The van der Waals surface area contributed by atoms with Crippen molar-refractivity contribution in [2.75, 3.05) is 26.2 Å². The van der Waals surface area contributed by atoms with Gasteiger partial charge in [-0.1, -0.05) is 19.4 Å². The van der Waals surface area contributed by atoms with Gasteiger partial charge in [0.1, 0.15) is 0 Å². The molecule has 0 aliphatic carbocycles. The Morgan fingerprint density at radius 1 is 1.00 bits per heavy atom. The number of hydrogen-bond donors (Lipinski definition) is 3. The molecule has 0 aromatic heterocycles. The number of rotatable bonds is 10. The van der Waals surface area contributed by atoms with E-state index in [1.54, 1.807) is 6.20 Å². The van der Waals surface area contributed by atoms with E-state index in [-0.39, 0.29) is 0 Å². The van der Waals surface area contributed by atoms with Crippen molar-refractivity contribution < 1.29 is 0 Å². The number of nitrogens with two attached hydrogens (primary N) is 1. The summed E-state index contributed by atoms with van der Waals surface area (Å²) in [6, 6.07) is 0. The SMILES string of the molecule is CCCNCCCCCNC/C=C/N. The van der Waals surface area contributed by atoms with Crippen molar-refractivity contribution in [3.63, 3.8) is 0 Å². The normalized spacial score (nSPS) is 11.2. The lowest BCUT2D eigenvalue weighted by Crippen LogP contribution is -2.17. The van der Waals surface area contributed by atoms with Crippen LogP contribution >= 0.6 is 0 Å². The third-order valence-corrected chi connectivity index (χ3v) is 2.03. The lowest BCUT2D eigenvalue weighted by molar-refractivity contribution is 0.581. The van der Waals surface area contributed by atoms with Gasteiger partial charge in [0, 0.05) is 6.54 Å². The average molecular weight is 199 g/mol. The lowest BCUT2D eigenvalue weighted by Gasteiger charge is -2.03. The van der Waals surface area contributed by atoms with Crippen LogP contribution in [-0.2, 0) is 0 Å². The van der Waals surface area contributed by atoms with Gasteiger partial charge in [0.2, 0.25) is 0 Å². The van der Waals surface area contributed by atoms with Crippen LogP contribution in [0.1, 0.15) is 32.6 Å². The summed E-state index contributed by atoms with van der Waals surface area (Å²) in [6.07, 6.45) is 8.59. The molecule has 0 saturated heterocycles. The molecule has 0 fully saturated rings. The minimum absolute atomic E-state index is 0.893. The van der Waals surface area contributed by atoms with E-state index in [1.165, 1.54) is 25.7 Å². The van der Waals surface area contributed by atoms with Crippen molar-refractivity contribution in [3.05, 3.63) is 12.3 Å². The van der Waals surface area contributed by atoms with E-state index in [4.69, 9.17) is 5.73 Å². The van der Waals surface area contributed by atoms with E-state index in [1.807, 2.05) is 6.08 Å². The minimum atomic E-state index is 0.893. The molecule has 0 spiro atoms. The van der Waals surface area contributed by atoms with Crippen LogP contribution in [-0.4, -0.2) is 26.2 Å². The maximum Gasteiger partial charge on any atom is 0.0151 e. The van der Waals surface area contributed by atoms with Crippen molar-refractivity contribution in [3.8, 4) is 0 Å². The van der Waals surface area contributed by atoms with Crippen LogP contribution in [0.25, 0.3) is 0 Å². The van der Waals surface area contributed by atoms with Crippen molar-refractivity contribution in [2.24, 2.45) is 5.73 Å². The third-order valence-electron chi connectivity index (χ3n) is 2.03. The molecule has 0 radical (unpaired) electrons. The van der Waals surface area contributed by atoms with Gasteiger partial charge >= 0.3 is 0 Å². The summed E-state index contributed by atoms with van der Waals surface area (Å²) in [4.78, 5) is 0. The second kappa shape index (κ2) is 12.5. The molecule has 0 saturated carbocycles. The highest BCUT2D eigenvalue weighted by molar-refractivity contribution is 4.77. The Morgan fingerprint density at radius 3 is 2.36 bits per heavy atom. The van der Waals surface area contributed by atoms with Gasteiger partial charge in [0.15, 0.2) is 0 Å². The maximum absolute atomic E-state index is 5.21. The zero-order valence-corrected chi connectivity index (χ0v) is 9.39. The van der Waals surface area contributed by atoms with Crippen LogP contribution in [0.3, 0.4) is 0 Å². The second-order valence-corrected chi connectivity index (χ2v) is 3.44. The van der Waals surface area contributed by atoms with Crippen LogP contribution in [0.2, 0.25) is 0 Å². The zero-order valence-electron chi connectivity index (χ0n) is 9.39. The summed E-state index contributed by atoms with van der Waals surface area (Å²) < 4.78 is 0. The number of unbranched alkanes of at least 4 members (excludes halogenated alkanes) is 2. The minimum Gasteiger partial charge on any atom is -0.405 e. The fraction of sp³-hybridized carbons (Fsp3) is 0.818. The summed E-state index contributed by atoms with van der Waals surface area (Å²) >= 11 is 0. The van der Waals surface area contributed by atoms with E-state index in [0.29, 0.717) is 0 Å². The highest BCUT2D eigenvalue weighted by Gasteiger charge is 1.88. The van der Waals surface area contributed by atoms with Crippen LogP contribution < -0.4 is 16.4 Å². The van der Waals surface area contributed by atoms with Gasteiger partial charge in [-0.2, -0.15) is 0 Å². The summed E-state index contributed by atoms with van der Waals surface area (Å²) in [5.41, 5.74) is 5.21. The van der Waals surface area contributed by atoms with Crippen molar-refractivity contribution in [1.29, 1.82) is 0 Å². The molecule has 0 unspecified atom stereocenters. The maximum atomic E-state index is 5.21. The quantitative estimate of drug-likeness (QED) is 0.464. The van der Waals surface area contributed by atoms with Gasteiger partial charge in [-0.3, -0.25) is 0 Å². The number of hydrogen-bond acceptors (Lipinski definition) is 3. The molecule has 0 aliphatic rings. The fourth-order valence-electron chi connectivity index (χ4n) is 1.23. The molecule has 0 aliphatic heterocycles. The summed E-state index contributed by atoms with van der Waals surface area (Å²) in [6.45, 7) is 6.50. The van der Waals surface area contributed by atoms with Crippen molar-refractivity contribution in [1.82, 2.24) is 10.6 Å². The first-order valence-electron chi connectivity index (χ1n) is 5.70. The first kappa shape index (κ1) is 13.5. The Morgan fingerprint density at radius 2 is 1.71 bits per heavy atom. The van der Waals surface area contributed by atoms with Crippen LogP contribution in [0.5, 0.6) is 0 Å². The topological polar surface area (TPSA) is 50.1 Å². The van der Waals surface area contributed by atoms with Gasteiger partial charge in [-0.15, -0.1) is 0 Å². The Hall–Kier alpha value is -0.540. The van der Waals surface area contributed by atoms with Crippen LogP contribution in [0.15, 0.2) is 12.3 Å². The van der Waals surface area contributed by atoms with Crippen molar-refractivity contribution >= 4 is 0 Å². The molecule has 0 rings (SSSR count). The largest absolute Gasteiger partial charge is 0.405 e. The summed E-state index contributed by atoms with van der Waals surface area (Å²) in [5.74, 6) is 0. The highest BCUT2D eigenvalue weighted by atomic mass is 14.8. The predicted octanol–water partition coefficient (Wildman–Crippen LogP) is 1.22. The molecule has 14 heavy (non-hydrogen) atoms. The molecule has 3 nitrogen and oxygen atoms in total.